The lowest BCUT2D eigenvalue weighted by atomic mass is 10.1. The molecule has 4 aromatic rings. The lowest BCUT2D eigenvalue weighted by Gasteiger charge is -2.04. The molecule has 0 saturated heterocycles. The van der Waals surface area contributed by atoms with Crippen LogP contribution in [-0.4, -0.2) is 16.1 Å². The highest BCUT2D eigenvalue weighted by atomic mass is 16.5. The van der Waals surface area contributed by atoms with Crippen LogP contribution in [0.25, 0.3) is 22.1 Å². The van der Waals surface area contributed by atoms with Gasteiger partial charge in [-0.1, -0.05) is 53.7 Å². The smallest absolute Gasteiger partial charge is 0.355 e. The third kappa shape index (κ3) is 3.12. The Morgan fingerprint density at radius 3 is 2.65 bits per heavy atom. The molecule has 2 heterocycles. The molecular formula is C20H14N2O4. The van der Waals surface area contributed by atoms with Gasteiger partial charge < -0.3 is 14.2 Å². The van der Waals surface area contributed by atoms with E-state index in [-0.39, 0.29) is 17.9 Å². The first-order chi connectivity index (χ1) is 12.7. The normalized spacial score (nSPS) is 10.8. The number of ether oxygens (including phenoxy) is 1. The topological polar surface area (TPSA) is 85.2 Å². The first-order valence-electron chi connectivity index (χ1n) is 8.01. The molecule has 0 bridgehead atoms. The fraction of sp³-hybridized carbons (Fsp3) is 0.0500. The summed E-state index contributed by atoms with van der Waals surface area (Å²) in [4.78, 5) is 26.8. The standard InChI is InChI=1S/C20H14N2O4/c23-19-16-9-5-4-8-14(16)10-17(21-19)20(24)25-12-15-11-18(26-22-15)13-6-2-1-3-7-13/h1-11H,12H2,(H,21,23). The highest BCUT2D eigenvalue weighted by Crippen LogP contribution is 2.20. The zero-order valence-corrected chi connectivity index (χ0v) is 13.6. The van der Waals surface area contributed by atoms with Gasteiger partial charge in [-0.2, -0.15) is 0 Å². The molecule has 0 saturated carbocycles. The average Bonchev–Trinajstić information content (AvgIpc) is 3.16. The molecule has 0 aliphatic carbocycles. The molecule has 0 fully saturated rings. The third-order valence-electron chi connectivity index (χ3n) is 3.94. The molecule has 0 unspecified atom stereocenters. The van der Waals surface area contributed by atoms with Crippen LogP contribution in [-0.2, 0) is 11.3 Å². The quantitative estimate of drug-likeness (QED) is 0.571. The van der Waals surface area contributed by atoms with Crippen LogP contribution in [0.15, 0.2) is 76.0 Å². The lowest BCUT2D eigenvalue weighted by molar-refractivity contribution is 0.0457. The minimum atomic E-state index is -0.628. The van der Waals surface area contributed by atoms with Crippen LogP contribution in [0.4, 0.5) is 0 Å². The van der Waals surface area contributed by atoms with Gasteiger partial charge in [-0.15, -0.1) is 0 Å². The minimum Gasteiger partial charge on any atom is -0.454 e. The average molecular weight is 346 g/mol. The SMILES string of the molecule is O=C(OCc1cc(-c2ccccc2)on1)c1cc2ccccc2c(=O)[nH]1. The van der Waals surface area contributed by atoms with E-state index in [1.807, 2.05) is 30.3 Å². The Labute approximate surface area is 148 Å². The summed E-state index contributed by atoms with van der Waals surface area (Å²) >= 11 is 0. The number of carbonyl (C=O) groups is 1. The summed E-state index contributed by atoms with van der Waals surface area (Å²) in [6.07, 6.45) is 0. The van der Waals surface area contributed by atoms with E-state index in [0.717, 1.165) is 5.56 Å². The molecule has 0 radical (unpaired) electrons. The van der Waals surface area contributed by atoms with Crippen molar-refractivity contribution in [3.8, 4) is 11.3 Å². The van der Waals surface area contributed by atoms with Crippen molar-refractivity contribution in [2.75, 3.05) is 0 Å². The first kappa shape index (κ1) is 15.8. The van der Waals surface area contributed by atoms with Gasteiger partial charge in [-0.3, -0.25) is 4.79 Å². The summed E-state index contributed by atoms with van der Waals surface area (Å²) in [5.41, 5.74) is 1.14. The Balaban J connectivity index is 1.49. The summed E-state index contributed by atoms with van der Waals surface area (Å²) in [5.74, 6) is -0.0344. The van der Waals surface area contributed by atoms with Gasteiger partial charge >= 0.3 is 5.97 Å². The number of hydrogen-bond acceptors (Lipinski definition) is 5. The monoisotopic (exact) mass is 346 g/mol. The molecule has 4 rings (SSSR count). The maximum absolute atomic E-state index is 12.2. The van der Waals surface area contributed by atoms with Gasteiger partial charge in [0.2, 0.25) is 0 Å². The molecule has 0 atom stereocenters. The number of aromatic amines is 1. The Kier molecular flexibility index (Phi) is 4.07. The Bertz CT molecular complexity index is 1130. The van der Waals surface area contributed by atoms with E-state index < -0.39 is 5.97 Å². The van der Waals surface area contributed by atoms with Gasteiger partial charge in [-0.05, 0) is 17.5 Å². The van der Waals surface area contributed by atoms with Crippen LogP contribution >= 0.6 is 0 Å². The largest absolute Gasteiger partial charge is 0.454 e. The van der Waals surface area contributed by atoms with Crippen LogP contribution in [0.3, 0.4) is 0 Å². The second-order valence-electron chi connectivity index (χ2n) is 5.72. The molecule has 0 amide bonds. The van der Waals surface area contributed by atoms with Gasteiger partial charge in [0.1, 0.15) is 18.0 Å². The van der Waals surface area contributed by atoms with Gasteiger partial charge in [-0.25, -0.2) is 4.79 Å². The van der Waals surface area contributed by atoms with E-state index in [4.69, 9.17) is 9.26 Å². The van der Waals surface area contributed by atoms with Crippen LogP contribution in [0.2, 0.25) is 0 Å². The lowest BCUT2D eigenvalue weighted by Crippen LogP contribution is -2.15. The Hall–Kier alpha value is -3.67. The van der Waals surface area contributed by atoms with Crippen molar-refractivity contribution in [2.45, 2.75) is 6.61 Å². The summed E-state index contributed by atoms with van der Waals surface area (Å²) in [6.45, 7) is -0.0516. The van der Waals surface area contributed by atoms with Crippen molar-refractivity contribution in [3.63, 3.8) is 0 Å². The van der Waals surface area contributed by atoms with Gasteiger partial charge in [0.25, 0.3) is 5.56 Å². The fourth-order valence-electron chi connectivity index (χ4n) is 2.66. The van der Waals surface area contributed by atoms with E-state index in [9.17, 15) is 9.59 Å². The van der Waals surface area contributed by atoms with Crippen LogP contribution in [0.5, 0.6) is 0 Å². The predicted molar refractivity (Wildman–Crippen MR) is 95.6 cm³/mol. The molecule has 2 aromatic carbocycles. The third-order valence-corrected chi connectivity index (χ3v) is 3.94. The highest BCUT2D eigenvalue weighted by molar-refractivity contribution is 5.92. The molecule has 128 valence electrons. The first-order valence-corrected chi connectivity index (χ1v) is 8.01. The number of benzene rings is 2. The van der Waals surface area contributed by atoms with E-state index >= 15 is 0 Å². The number of hydrogen-bond donors (Lipinski definition) is 1. The zero-order chi connectivity index (χ0) is 17.9. The second-order valence-corrected chi connectivity index (χ2v) is 5.72. The maximum atomic E-state index is 12.2. The molecular weight excluding hydrogens is 332 g/mol. The van der Waals surface area contributed by atoms with Crippen molar-refractivity contribution < 1.29 is 14.1 Å². The summed E-state index contributed by atoms with van der Waals surface area (Å²) < 4.78 is 10.5. The summed E-state index contributed by atoms with van der Waals surface area (Å²) in [5, 5.41) is 5.10. The van der Waals surface area contributed by atoms with Crippen molar-refractivity contribution in [1.82, 2.24) is 10.1 Å². The minimum absolute atomic E-state index is 0.0516. The Morgan fingerprint density at radius 2 is 1.81 bits per heavy atom. The number of pyridine rings is 1. The maximum Gasteiger partial charge on any atom is 0.355 e. The van der Waals surface area contributed by atoms with Crippen LogP contribution in [0.1, 0.15) is 16.2 Å². The molecule has 1 N–H and O–H groups in total. The molecule has 0 aliphatic rings. The number of esters is 1. The molecule has 0 spiro atoms. The number of nitrogens with zero attached hydrogens (tertiary/aromatic N) is 1. The zero-order valence-electron chi connectivity index (χ0n) is 13.6. The fourth-order valence-corrected chi connectivity index (χ4v) is 2.66. The van der Waals surface area contributed by atoms with Crippen LogP contribution in [0, 0.1) is 0 Å². The van der Waals surface area contributed by atoms with Gasteiger partial charge in [0.15, 0.2) is 5.76 Å². The van der Waals surface area contributed by atoms with Crippen molar-refractivity contribution in [3.05, 3.63) is 88.5 Å². The van der Waals surface area contributed by atoms with Gasteiger partial charge in [0.05, 0.1) is 0 Å². The number of nitrogens with one attached hydrogen (secondary N) is 1. The van der Waals surface area contributed by atoms with E-state index in [2.05, 4.69) is 10.1 Å². The number of carbonyl (C=O) groups excluding carboxylic acids is 1. The van der Waals surface area contributed by atoms with E-state index in [0.29, 0.717) is 22.2 Å². The molecule has 6 heteroatoms. The predicted octanol–water partition coefficient (Wildman–Crippen LogP) is 3.54. The highest BCUT2D eigenvalue weighted by Gasteiger charge is 2.13. The van der Waals surface area contributed by atoms with E-state index in [1.165, 1.54) is 0 Å². The second kappa shape index (κ2) is 6.68. The van der Waals surface area contributed by atoms with Crippen molar-refractivity contribution in [2.24, 2.45) is 0 Å². The number of aromatic nitrogens is 2. The van der Waals surface area contributed by atoms with Crippen molar-refractivity contribution in [1.29, 1.82) is 0 Å². The molecule has 0 aliphatic heterocycles. The number of fused-ring (bicyclic) bond motifs is 1. The van der Waals surface area contributed by atoms with Crippen LogP contribution < -0.4 is 5.56 Å². The van der Waals surface area contributed by atoms with E-state index in [1.54, 1.807) is 36.4 Å². The Morgan fingerprint density at radius 1 is 1.04 bits per heavy atom. The molecule has 26 heavy (non-hydrogen) atoms. The molecule has 6 nitrogen and oxygen atoms in total. The summed E-state index contributed by atoms with van der Waals surface area (Å²) in [7, 11) is 0. The summed E-state index contributed by atoms with van der Waals surface area (Å²) in [6, 6.07) is 19.8. The molecule has 2 aromatic heterocycles. The van der Waals surface area contributed by atoms with Crippen molar-refractivity contribution >= 4 is 16.7 Å². The van der Waals surface area contributed by atoms with Gasteiger partial charge in [0, 0.05) is 17.0 Å². The number of H-pyrrole nitrogens is 1. The number of rotatable bonds is 4.